The van der Waals surface area contributed by atoms with Crippen molar-refractivity contribution in [3.05, 3.63) is 64.3 Å². The second kappa shape index (κ2) is 4.59. The van der Waals surface area contributed by atoms with E-state index in [9.17, 15) is 9.18 Å². The maximum Gasteiger partial charge on any atom is 0.196 e. The number of carbonyl (C=O) groups excluding carboxylic acids is 1. The number of hydrogen-bond acceptors (Lipinski definition) is 2. The van der Waals surface area contributed by atoms with Crippen LogP contribution in [0.25, 0.3) is 10.9 Å². The Balaban J connectivity index is 2.12. The molecule has 0 aliphatic heterocycles. The van der Waals surface area contributed by atoms with Crippen molar-refractivity contribution in [2.45, 2.75) is 0 Å². The van der Waals surface area contributed by atoms with E-state index >= 15 is 0 Å². The van der Waals surface area contributed by atoms with Gasteiger partial charge in [-0.15, -0.1) is 0 Å². The van der Waals surface area contributed by atoms with Crippen molar-refractivity contribution in [1.29, 1.82) is 0 Å². The van der Waals surface area contributed by atoms with Crippen LogP contribution in [0.3, 0.4) is 0 Å². The molecule has 19 heavy (non-hydrogen) atoms. The number of aromatic amines is 1. The number of carbonyl (C=O) groups is 1. The van der Waals surface area contributed by atoms with Gasteiger partial charge in [0.05, 0.1) is 0 Å². The molecule has 0 bridgehead atoms. The monoisotopic (exact) mass is 318 g/mol. The molecule has 0 atom stereocenters. The standard InChI is InChI=1S/C14H8BrFN2O/c15-9-3-8(5-17-6-9)14(19)12-7-18-13-4-10(16)1-2-11(12)13/h1-7,18H. The molecule has 0 saturated heterocycles. The molecule has 2 aromatic heterocycles. The summed E-state index contributed by atoms with van der Waals surface area (Å²) in [6.07, 6.45) is 4.71. The number of pyridine rings is 1. The Labute approximate surface area is 116 Å². The van der Waals surface area contributed by atoms with Gasteiger partial charge < -0.3 is 4.98 Å². The van der Waals surface area contributed by atoms with Crippen molar-refractivity contribution in [2.24, 2.45) is 0 Å². The molecular formula is C14H8BrFN2O. The highest BCUT2D eigenvalue weighted by Crippen LogP contribution is 2.22. The summed E-state index contributed by atoms with van der Waals surface area (Å²) in [7, 11) is 0. The minimum atomic E-state index is -0.336. The van der Waals surface area contributed by atoms with Gasteiger partial charge in [-0.25, -0.2) is 4.39 Å². The number of ketones is 1. The first-order valence-corrected chi connectivity index (χ1v) is 6.36. The Bertz CT molecular complexity index is 782. The van der Waals surface area contributed by atoms with Gasteiger partial charge in [0.25, 0.3) is 0 Å². The lowest BCUT2D eigenvalue weighted by Crippen LogP contribution is -2.00. The number of nitrogens with one attached hydrogen (secondary N) is 1. The molecule has 0 radical (unpaired) electrons. The fraction of sp³-hybridized carbons (Fsp3) is 0. The second-order valence-corrected chi connectivity index (χ2v) is 5.03. The Morgan fingerprint density at radius 3 is 2.89 bits per heavy atom. The van der Waals surface area contributed by atoms with E-state index in [-0.39, 0.29) is 11.6 Å². The van der Waals surface area contributed by atoms with Crippen LogP contribution >= 0.6 is 15.9 Å². The largest absolute Gasteiger partial charge is 0.360 e. The summed E-state index contributed by atoms with van der Waals surface area (Å²) in [5.74, 6) is -0.482. The maximum atomic E-state index is 13.1. The molecule has 5 heteroatoms. The van der Waals surface area contributed by atoms with Gasteiger partial charge in [-0.05, 0) is 40.2 Å². The summed E-state index contributed by atoms with van der Waals surface area (Å²) in [5, 5.41) is 0.700. The van der Waals surface area contributed by atoms with Gasteiger partial charge in [0.15, 0.2) is 5.78 Å². The van der Waals surface area contributed by atoms with Crippen LogP contribution in [0.2, 0.25) is 0 Å². The number of benzene rings is 1. The van der Waals surface area contributed by atoms with E-state index in [4.69, 9.17) is 0 Å². The third-order valence-electron chi connectivity index (χ3n) is 2.86. The number of hydrogen-bond donors (Lipinski definition) is 1. The fourth-order valence-electron chi connectivity index (χ4n) is 1.98. The molecule has 0 amide bonds. The Morgan fingerprint density at radius 1 is 1.26 bits per heavy atom. The van der Waals surface area contributed by atoms with Gasteiger partial charge in [-0.2, -0.15) is 0 Å². The summed E-state index contributed by atoms with van der Waals surface area (Å²) >= 11 is 3.28. The molecule has 0 aliphatic rings. The first-order valence-electron chi connectivity index (χ1n) is 5.57. The number of aromatic nitrogens is 2. The molecule has 3 aromatic rings. The van der Waals surface area contributed by atoms with Crippen molar-refractivity contribution < 1.29 is 9.18 Å². The molecule has 0 unspecified atom stereocenters. The van der Waals surface area contributed by atoms with Crippen LogP contribution in [0.4, 0.5) is 4.39 Å². The molecule has 0 fully saturated rings. The fourth-order valence-corrected chi connectivity index (χ4v) is 2.34. The summed E-state index contributed by atoms with van der Waals surface area (Å²) in [5.41, 5.74) is 1.60. The Morgan fingerprint density at radius 2 is 2.11 bits per heavy atom. The zero-order valence-electron chi connectivity index (χ0n) is 9.65. The summed E-state index contributed by atoms with van der Waals surface area (Å²) in [6.45, 7) is 0. The molecule has 0 aliphatic carbocycles. The molecule has 2 heterocycles. The van der Waals surface area contributed by atoms with Gasteiger partial charge in [-0.3, -0.25) is 9.78 Å². The molecule has 0 saturated carbocycles. The number of halogens is 2. The lowest BCUT2D eigenvalue weighted by atomic mass is 10.0. The zero-order chi connectivity index (χ0) is 13.4. The van der Waals surface area contributed by atoms with Crippen molar-refractivity contribution >= 4 is 32.6 Å². The minimum absolute atomic E-state index is 0.147. The maximum absolute atomic E-state index is 13.1. The molecule has 1 N–H and O–H groups in total. The van der Waals surface area contributed by atoms with Gasteiger partial charge in [-0.1, -0.05) is 0 Å². The summed E-state index contributed by atoms with van der Waals surface area (Å²) < 4.78 is 13.8. The van der Waals surface area contributed by atoms with Crippen LogP contribution in [0, 0.1) is 5.82 Å². The third-order valence-corrected chi connectivity index (χ3v) is 3.29. The van der Waals surface area contributed by atoms with Gasteiger partial charge in [0, 0.05) is 45.1 Å². The quantitative estimate of drug-likeness (QED) is 0.732. The first-order chi connectivity index (χ1) is 9.15. The van der Waals surface area contributed by atoms with E-state index in [1.807, 2.05) is 0 Å². The van der Waals surface area contributed by atoms with E-state index in [0.717, 1.165) is 4.47 Å². The van der Waals surface area contributed by atoms with Crippen LogP contribution in [-0.4, -0.2) is 15.8 Å². The molecule has 3 nitrogen and oxygen atoms in total. The van der Waals surface area contributed by atoms with Crippen molar-refractivity contribution in [2.75, 3.05) is 0 Å². The highest BCUT2D eigenvalue weighted by atomic mass is 79.9. The molecule has 3 rings (SSSR count). The van der Waals surface area contributed by atoms with Crippen LogP contribution in [-0.2, 0) is 0 Å². The Hall–Kier alpha value is -2.01. The minimum Gasteiger partial charge on any atom is -0.360 e. The highest BCUT2D eigenvalue weighted by Gasteiger charge is 2.15. The van der Waals surface area contributed by atoms with E-state index in [0.29, 0.717) is 22.0 Å². The lowest BCUT2D eigenvalue weighted by Gasteiger charge is -2.00. The average Bonchev–Trinajstić information content (AvgIpc) is 2.80. The van der Waals surface area contributed by atoms with E-state index in [1.54, 1.807) is 24.5 Å². The normalized spacial score (nSPS) is 10.8. The number of fused-ring (bicyclic) bond motifs is 1. The summed E-state index contributed by atoms with van der Waals surface area (Å²) in [6, 6.07) is 6.01. The SMILES string of the molecule is O=C(c1cncc(Br)c1)c1c[nH]c2cc(F)ccc12. The topological polar surface area (TPSA) is 45.8 Å². The lowest BCUT2D eigenvalue weighted by molar-refractivity contribution is 0.104. The van der Waals surface area contributed by atoms with E-state index < -0.39 is 0 Å². The van der Waals surface area contributed by atoms with Crippen LogP contribution in [0.5, 0.6) is 0 Å². The van der Waals surface area contributed by atoms with E-state index in [1.165, 1.54) is 18.3 Å². The van der Waals surface area contributed by atoms with Gasteiger partial charge in [0.1, 0.15) is 5.82 Å². The van der Waals surface area contributed by atoms with E-state index in [2.05, 4.69) is 25.9 Å². The zero-order valence-corrected chi connectivity index (χ0v) is 11.2. The predicted molar refractivity (Wildman–Crippen MR) is 73.6 cm³/mol. The number of nitrogens with zero attached hydrogens (tertiary/aromatic N) is 1. The number of rotatable bonds is 2. The van der Waals surface area contributed by atoms with Crippen molar-refractivity contribution in [3.63, 3.8) is 0 Å². The smallest absolute Gasteiger partial charge is 0.196 e. The molecule has 0 spiro atoms. The molecule has 1 aromatic carbocycles. The van der Waals surface area contributed by atoms with Crippen molar-refractivity contribution in [3.8, 4) is 0 Å². The second-order valence-electron chi connectivity index (χ2n) is 4.11. The highest BCUT2D eigenvalue weighted by molar-refractivity contribution is 9.10. The van der Waals surface area contributed by atoms with Crippen LogP contribution in [0.1, 0.15) is 15.9 Å². The average molecular weight is 319 g/mol. The first kappa shape index (κ1) is 12.0. The van der Waals surface area contributed by atoms with Gasteiger partial charge in [0.2, 0.25) is 0 Å². The van der Waals surface area contributed by atoms with Gasteiger partial charge >= 0.3 is 0 Å². The summed E-state index contributed by atoms with van der Waals surface area (Å²) in [4.78, 5) is 19.3. The predicted octanol–water partition coefficient (Wildman–Crippen LogP) is 3.70. The van der Waals surface area contributed by atoms with Crippen molar-refractivity contribution in [1.82, 2.24) is 9.97 Å². The number of H-pyrrole nitrogens is 1. The molecule has 94 valence electrons. The van der Waals surface area contributed by atoms with Crippen LogP contribution < -0.4 is 0 Å². The third kappa shape index (κ3) is 2.17. The Kier molecular flexibility index (Phi) is 2.91. The van der Waals surface area contributed by atoms with Crippen LogP contribution in [0.15, 0.2) is 47.3 Å². The molecular weight excluding hydrogens is 311 g/mol.